The standard InChI is InChI=1S/C14H22N2O/c1-11-7-4-5-8-13(11)12(2)16-10-6-9-14(17)15-3/h4-5,7-8,12,16H,6,9-10H2,1-3H3,(H,15,17)/t12-/m1/s1. The van der Waals surface area contributed by atoms with E-state index in [4.69, 9.17) is 0 Å². The molecule has 0 saturated heterocycles. The van der Waals surface area contributed by atoms with E-state index in [1.807, 2.05) is 0 Å². The van der Waals surface area contributed by atoms with E-state index in [9.17, 15) is 4.79 Å². The highest BCUT2D eigenvalue weighted by Crippen LogP contribution is 2.16. The molecule has 0 saturated carbocycles. The predicted molar refractivity (Wildman–Crippen MR) is 70.9 cm³/mol. The van der Waals surface area contributed by atoms with Crippen LogP contribution in [0.1, 0.15) is 36.9 Å². The lowest BCUT2D eigenvalue weighted by Crippen LogP contribution is -2.23. The first-order valence-electron chi connectivity index (χ1n) is 6.14. The van der Waals surface area contributed by atoms with Crippen LogP contribution >= 0.6 is 0 Å². The molecule has 0 aliphatic carbocycles. The number of hydrogen-bond acceptors (Lipinski definition) is 2. The lowest BCUT2D eigenvalue weighted by Gasteiger charge is -2.16. The maximum absolute atomic E-state index is 11.0. The fourth-order valence-corrected chi connectivity index (χ4v) is 1.88. The molecule has 1 amide bonds. The predicted octanol–water partition coefficient (Wildman–Crippen LogP) is 2.17. The molecule has 1 aromatic rings. The zero-order valence-electron chi connectivity index (χ0n) is 10.9. The van der Waals surface area contributed by atoms with Crippen LogP contribution in [0.2, 0.25) is 0 Å². The van der Waals surface area contributed by atoms with Gasteiger partial charge in [-0.1, -0.05) is 24.3 Å². The normalized spacial score (nSPS) is 12.2. The van der Waals surface area contributed by atoms with Gasteiger partial charge in [0.15, 0.2) is 0 Å². The van der Waals surface area contributed by atoms with E-state index in [1.165, 1.54) is 11.1 Å². The third kappa shape index (κ3) is 4.57. The Kier molecular flexibility index (Phi) is 5.70. The Labute approximate surface area is 104 Å². The van der Waals surface area contributed by atoms with Crippen molar-refractivity contribution in [3.8, 4) is 0 Å². The van der Waals surface area contributed by atoms with Crippen LogP contribution in [0.5, 0.6) is 0 Å². The number of benzene rings is 1. The molecule has 1 rings (SSSR count). The van der Waals surface area contributed by atoms with Gasteiger partial charge in [0.05, 0.1) is 0 Å². The summed E-state index contributed by atoms with van der Waals surface area (Å²) in [6.07, 6.45) is 1.46. The van der Waals surface area contributed by atoms with Crippen molar-refractivity contribution in [1.82, 2.24) is 10.6 Å². The molecule has 0 aromatic heterocycles. The molecule has 0 heterocycles. The molecule has 94 valence electrons. The van der Waals surface area contributed by atoms with Crippen LogP contribution in [0.25, 0.3) is 0 Å². The van der Waals surface area contributed by atoms with Gasteiger partial charge in [0.2, 0.25) is 5.91 Å². The van der Waals surface area contributed by atoms with E-state index < -0.39 is 0 Å². The van der Waals surface area contributed by atoms with E-state index in [2.05, 4.69) is 48.7 Å². The fraction of sp³-hybridized carbons (Fsp3) is 0.500. The zero-order valence-corrected chi connectivity index (χ0v) is 10.9. The van der Waals surface area contributed by atoms with Gasteiger partial charge >= 0.3 is 0 Å². The first-order chi connectivity index (χ1) is 8.15. The average Bonchev–Trinajstić information content (AvgIpc) is 2.34. The molecular formula is C14H22N2O. The molecule has 3 heteroatoms. The third-order valence-electron chi connectivity index (χ3n) is 2.96. The Bertz CT molecular complexity index is 363. The van der Waals surface area contributed by atoms with E-state index in [-0.39, 0.29) is 5.91 Å². The van der Waals surface area contributed by atoms with E-state index >= 15 is 0 Å². The number of amides is 1. The smallest absolute Gasteiger partial charge is 0.219 e. The van der Waals surface area contributed by atoms with Crippen molar-refractivity contribution in [2.24, 2.45) is 0 Å². The van der Waals surface area contributed by atoms with Crippen molar-refractivity contribution >= 4 is 5.91 Å². The van der Waals surface area contributed by atoms with Gasteiger partial charge < -0.3 is 10.6 Å². The Morgan fingerprint density at radius 1 is 1.35 bits per heavy atom. The zero-order chi connectivity index (χ0) is 12.7. The van der Waals surface area contributed by atoms with Gasteiger partial charge in [-0.25, -0.2) is 0 Å². The van der Waals surface area contributed by atoms with Gasteiger partial charge in [-0.2, -0.15) is 0 Å². The number of carbonyl (C=O) groups excluding carboxylic acids is 1. The second kappa shape index (κ2) is 7.07. The molecule has 17 heavy (non-hydrogen) atoms. The third-order valence-corrected chi connectivity index (χ3v) is 2.96. The maximum atomic E-state index is 11.0. The molecule has 0 aliphatic rings. The van der Waals surface area contributed by atoms with Crippen molar-refractivity contribution in [1.29, 1.82) is 0 Å². The quantitative estimate of drug-likeness (QED) is 0.741. The molecule has 0 unspecified atom stereocenters. The molecule has 0 bridgehead atoms. The SMILES string of the molecule is CNC(=O)CCCN[C@H](C)c1ccccc1C. The summed E-state index contributed by atoms with van der Waals surface area (Å²) in [5.74, 6) is 0.107. The van der Waals surface area contributed by atoms with Crippen LogP contribution in [0.4, 0.5) is 0 Å². The molecular weight excluding hydrogens is 212 g/mol. The van der Waals surface area contributed by atoms with Crippen molar-refractivity contribution < 1.29 is 4.79 Å². The Hall–Kier alpha value is -1.35. The number of nitrogens with one attached hydrogen (secondary N) is 2. The van der Waals surface area contributed by atoms with Crippen LogP contribution in [-0.2, 0) is 4.79 Å². The Morgan fingerprint density at radius 2 is 2.06 bits per heavy atom. The number of rotatable bonds is 6. The molecule has 3 nitrogen and oxygen atoms in total. The minimum atomic E-state index is 0.107. The average molecular weight is 234 g/mol. The van der Waals surface area contributed by atoms with Gasteiger partial charge in [-0.15, -0.1) is 0 Å². The second-order valence-electron chi connectivity index (χ2n) is 4.31. The topological polar surface area (TPSA) is 41.1 Å². The molecule has 0 aliphatic heterocycles. The summed E-state index contributed by atoms with van der Waals surface area (Å²) in [6.45, 7) is 5.14. The number of aryl methyl sites for hydroxylation is 1. The highest BCUT2D eigenvalue weighted by atomic mass is 16.1. The van der Waals surface area contributed by atoms with Crippen LogP contribution in [0.15, 0.2) is 24.3 Å². The van der Waals surface area contributed by atoms with Crippen LogP contribution < -0.4 is 10.6 Å². The molecule has 1 aromatic carbocycles. The second-order valence-corrected chi connectivity index (χ2v) is 4.31. The van der Waals surface area contributed by atoms with Gasteiger partial charge in [0, 0.05) is 19.5 Å². The molecule has 2 N–H and O–H groups in total. The number of hydrogen-bond donors (Lipinski definition) is 2. The van der Waals surface area contributed by atoms with Crippen LogP contribution in [0, 0.1) is 6.92 Å². The van der Waals surface area contributed by atoms with Crippen molar-refractivity contribution in [2.45, 2.75) is 32.7 Å². The monoisotopic (exact) mass is 234 g/mol. The largest absolute Gasteiger partial charge is 0.359 e. The van der Waals surface area contributed by atoms with E-state index in [1.54, 1.807) is 7.05 Å². The fourth-order valence-electron chi connectivity index (χ4n) is 1.88. The first-order valence-corrected chi connectivity index (χ1v) is 6.14. The molecule has 0 fully saturated rings. The summed E-state index contributed by atoms with van der Waals surface area (Å²) in [7, 11) is 1.67. The molecule has 0 spiro atoms. The lowest BCUT2D eigenvalue weighted by molar-refractivity contribution is -0.120. The van der Waals surface area contributed by atoms with Crippen molar-refractivity contribution in [2.75, 3.05) is 13.6 Å². The minimum absolute atomic E-state index is 0.107. The lowest BCUT2D eigenvalue weighted by atomic mass is 10.0. The molecule has 1 atom stereocenters. The summed E-state index contributed by atoms with van der Waals surface area (Å²) in [6, 6.07) is 8.72. The molecule has 0 radical (unpaired) electrons. The van der Waals surface area contributed by atoms with Gasteiger partial charge in [0.25, 0.3) is 0 Å². The first kappa shape index (κ1) is 13.7. The summed E-state index contributed by atoms with van der Waals surface area (Å²) in [5, 5.41) is 6.07. The Morgan fingerprint density at radius 3 is 2.71 bits per heavy atom. The van der Waals surface area contributed by atoms with Crippen LogP contribution in [0.3, 0.4) is 0 Å². The van der Waals surface area contributed by atoms with Crippen molar-refractivity contribution in [3.05, 3.63) is 35.4 Å². The number of carbonyl (C=O) groups is 1. The minimum Gasteiger partial charge on any atom is -0.359 e. The van der Waals surface area contributed by atoms with Gasteiger partial charge in [-0.3, -0.25) is 4.79 Å². The van der Waals surface area contributed by atoms with Gasteiger partial charge in [0.1, 0.15) is 0 Å². The maximum Gasteiger partial charge on any atom is 0.219 e. The van der Waals surface area contributed by atoms with Gasteiger partial charge in [-0.05, 0) is 37.9 Å². The highest BCUT2D eigenvalue weighted by Gasteiger charge is 2.06. The van der Waals surface area contributed by atoms with Crippen molar-refractivity contribution in [3.63, 3.8) is 0 Å². The Balaban J connectivity index is 2.33. The summed E-state index contributed by atoms with van der Waals surface area (Å²) >= 11 is 0. The summed E-state index contributed by atoms with van der Waals surface area (Å²) in [4.78, 5) is 11.0. The van der Waals surface area contributed by atoms with E-state index in [0.29, 0.717) is 12.5 Å². The van der Waals surface area contributed by atoms with Crippen LogP contribution in [-0.4, -0.2) is 19.5 Å². The summed E-state index contributed by atoms with van der Waals surface area (Å²) < 4.78 is 0. The summed E-state index contributed by atoms with van der Waals surface area (Å²) in [5.41, 5.74) is 2.63. The highest BCUT2D eigenvalue weighted by molar-refractivity contribution is 5.75. The van der Waals surface area contributed by atoms with E-state index in [0.717, 1.165) is 13.0 Å².